The molecule has 1 fully saturated rings. The molecule has 0 unspecified atom stereocenters. The average molecular weight is 278 g/mol. The van der Waals surface area contributed by atoms with Crippen LogP contribution < -0.4 is 9.47 Å². The number of carboxylic acids is 1. The van der Waals surface area contributed by atoms with Gasteiger partial charge in [-0.15, -0.1) is 0 Å². The normalized spacial score (nSPS) is 16.9. The molecule has 0 aliphatic heterocycles. The number of hydrogen-bond acceptors (Lipinski definition) is 3. The lowest BCUT2D eigenvalue weighted by Crippen LogP contribution is -2.33. The quantitative estimate of drug-likeness (QED) is 0.899. The second-order valence-electron chi connectivity index (χ2n) is 5.31. The lowest BCUT2D eigenvalue weighted by atomic mass is 9.77. The van der Waals surface area contributed by atoms with E-state index in [-0.39, 0.29) is 0 Å². The molecule has 1 aliphatic rings. The Morgan fingerprint density at radius 3 is 2.25 bits per heavy atom. The van der Waals surface area contributed by atoms with Gasteiger partial charge in [0.1, 0.15) is 11.5 Å². The van der Waals surface area contributed by atoms with Crippen molar-refractivity contribution in [3.05, 3.63) is 23.3 Å². The van der Waals surface area contributed by atoms with Crippen LogP contribution >= 0.6 is 0 Å². The average Bonchev–Trinajstić information content (AvgIpc) is 2.96. The summed E-state index contributed by atoms with van der Waals surface area (Å²) >= 11 is 0. The third-order valence-electron chi connectivity index (χ3n) is 4.37. The van der Waals surface area contributed by atoms with Crippen LogP contribution in [0.2, 0.25) is 0 Å². The van der Waals surface area contributed by atoms with Crippen molar-refractivity contribution in [3.8, 4) is 11.5 Å². The van der Waals surface area contributed by atoms with Gasteiger partial charge in [-0.3, -0.25) is 4.79 Å². The van der Waals surface area contributed by atoms with Gasteiger partial charge in [0.2, 0.25) is 0 Å². The zero-order valence-electron chi connectivity index (χ0n) is 12.4. The van der Waals surface area contributed by atoms with Crippen molar-refractivity contribution >= 4 is 5.97 Å². The minimum atomic E-state index is -0.804. The summed E-state index contributed by atoms with van der Waals surface area (Å²) in [5.41, 5.74) is 1.01. The Morgan fingerprint density at radius 1 is 1.20 bits per heavy atom. The maximum Gasteiger partial charge on any atom is 0.314 e. The number of rotatable bonds is 5. The molecule has 0 atom stereocenters. The van der Waals surface area contributed by atoms with E-state index in [0.717, 1.165) is 36.1 Å². The van der Waals surface area contributed by atoms with Crippen molar-refractivity contribution in [2.75, 3.05) is 14.2 Å². The van der Waals surface area contributed by atoms with E-state index in [9.17, 15) is 9.90 Å². The zero-order chi connectivity index (χ0) is 14.8. The lowest BCUT2D eigenvalue weighted by Gasteiger charge is -2.27. The first-order chi connectivity index (χ1) is 9.58. The first-order valence-electron chi connectivity index (χ1n) is 7.07. The Labute approximate surface area is 119 Å². The molecule has 0 amide bonds. The monoisotopic (exact) mass is 278 g/mol. The van der Waals surface area contributed by atoms with Gasteiger partial charge in [-0.05, 0) is 30.9 Å². The lowest BCUT2D eigenvalue weighted by molar-refractivity contribution is -0.143. The van der Waals surface area contributed by atoms with Gasteiger partial charge in [-0.2, -0.15) is 0 Å². The SMILES string of the molecule is CCc1cc(C2(C(=O)O)CCCC2)c(OC)cc1OC. The van der Waals surface area contributed by atoms with Crippen molar-refractivity contribution in [3.63, 3.8) is 0 Å². The van der Waals surface area contributed by atoms with E-state index in [0.29, 0.717) is 18.6 Å². The Balaban J connectivity index is 2.62. The molecule has 0 saturated heterocycles. The highest BCUT2D eigenvalue weighted by molar-refractivity contribution is 5.83. The first kappa shape index (κ1) is 14.7. The number of aliphatic carboxylic acids is 1. The smallest absolute Gasteiger partial charge is 0.314 e. The van der Waals surface area contributed by atoms with Crippen LogP contribution in [-0.4, -0.2) is 25.3 Å². The molecule has 110 valence electrons. The van der Waals surface area contributed by atoms with E-state index >= 15 is 0 Å². The third kappa shape index (κ3) is 2.23. The fourth-order valence-corrected chi connectivity index (χ4v) is 3.19. The van der Waals surface area contributed by atoms with Crippen LogP contribution in [0.3, 0.4) is 0 Å². The highest BCUT2D eigenvalue weighted by Crippen LogP contribution is 2.46. The summed E-state index contributed by atoms with van der Waals surface area (Å²) < 4.78 is 10.8. The second kappa shape index (κ2) is 5.73. The van der Waals surface area contributed by atoms with Crippen LogP contribution in [-0.2, 0) is 16.6 Å². The molecule has 1 aliphatic carbocycles. The van der Waals surface area contributed by atoms with Crippen LogP contribution in [0, 0.1) is 0 Å². The topological polar surface area (TPSA) is 55.8 Å². The van der Waals surface area contributed by atoms with Gasteiger partial charge in [0.25, 0.3) is 0 Å². The molecule has 1 N–H and O–H groups in total. The first-order valence-corrected chi connectivity index (χ1v) is 7.07. The number of aryl methyl sites for hydroxylation is 1. The summed E-state index contributed by atoms with van der Waals surface area (Å²) in [7, 11) is 3.20. The van der Waals surface area contributed by atoms with Crippen LogP contribution in [0.25, 0.3) is 0 Å². The highest BCUT2D eigenvalue weighted by atomic mass is 16.5. The summed E-state index contributed by atoms with van der Waals surface area (Å²) in [6.07, 6.45) is 4.05. The number of ether oxygens (including phenoxy) is 2. The molecule has 4 heteroatoms. The van der Waals surface area contributed by atoms with Gasteiger partial charge < -0.3 is 14.6 Å². The van der Waals surface area contributed by atoms with Gasteiger partial charge >= 0.3 is 5.97 Å². The van der Waals surface area contributed by atoms with Crippen molar-refractivity contribution < 1.29 is 19.4 Å². The Morgan fingerprint density at radius 2 is 1.80 bits per heavy atom. The molecular weight excluding hydrogens is 256 g/mol. The van der Waals surface area contributed by atoms with Gasteiger partial charge in [-0.25, -0.2) is 0 Å². The Kier molecular flexibility index (Phi) is 4.21. The molecule has 20 heavy (non-hydrogen) atoms. The molecule has 4 nitrogen and oxygen atoms in total. The minimum Gasteiger partial charge on any atom is -0.496 e. The summed E-state index contributed by atoms with van der Waals surface area (Å²) in [4.78, 5) is 11.9. The van der Waals surface area contributed by atoms with Gasteiger partial charge in [0, 0.05) is 11.6 Å². The minimum absolute atomic E-state index is 0.614. The maximum absolute atomic E-state index is 11.9. The van der Waals surface area contributed by atoms with Crippen molar-refractivity contribution in [2.24, 2.45) is 0 Å². The van der Waals surface area contributed by atoms with Gasteiger partial charge in [0.05, 0.1) is 19.6 Å². The number of carboxylic acid groups (broad SMARTS) is 1. The summed E-state index contributed by atoms with van der Waals surface area (Å²) in [5, 5.41) is 9.74. The number of carbonyl (C=O) groups is 1. The van der Waals surface area contributed by atoms with E-state index in [1.54, 1.807) is 14.2 Å². The molecule has 1 aromatic rings. The van der Waals surface area contributed by atoms with E-state index in [4.69, 9.17) is 9.47 Å². The third-order valence-corrected chi connectivity index (χ3v) is 4.37. The molecule has 0 aromatic heterocycles. The fraction of sp³-hybridized carbons (Fsp3) is 0.562. The van der Waals surface area contributed by atoms with Gasteiger partial charge in [0.15, 0.2) is 0 Å². The standard InChI is InChI=1S/C16H22O4/c1-4-11-9-12(14(20-3)10-13(11)19-2)16(15(17)18)7-5-6-8-16/h9-10H,4-8H2,1-3H3,(H,17,18). The van der Waals surface area contributed by atoms with Crippen LogP contribution in [0.1, 0.15) is 43.7 Å². The van der Waals surface area contributed by atoms with Crippen molar-refractivity contribution in [2.45, 2.75) is 44.4 Å². The van der Waals surface area contributed by atoms with E-state index in [1.807, 2.05) is 19.1 Å². The summed E-state index contributed by atoms with van der Waals surface area (Å²) in [6, 6.07) is 3.77. The zero-order valence-corrected chi connectivity index (χ0v) is 12.4. The fourth-order valence-electron chi connectivity index (χ4n) is 3.19. The molecule has 0 heterocycles. The largest absolute Gasteiger partial charge is 0.496 e. The maximum atomic E-state index is 11.9. The van der Waals surface area contributed by atoms with Crippen LogP contribution in [0.5, 0.6) is 11.5 Å². The Bertz CT molecular complexity index is 501. The highest BCUT2D eigenvalue weighted by Gasteiger charge is 2.45. The molecule has 0 bridgehead atoms. The van der Waals surface area contributed by atoms with E-state index in [2.05, 4.69) is 0 Å². The summed E-state index contributed by atoms with van der Waals surface area (Å²) in [6.45, 7) is 2.04. The molecule has 1 saturated carbocycles. The molecule has 1 aromatic carbocycles. The predicted octanol–water partition coefficient (Wildman–Crippen LogP) is 3.16. The molecule has 0 radical (unpaired) electrons. The molecule has 0 spiro atoms. The van der Waals surface area contributed by atoms with Crippen LogP contribution in [0.15, 0.2) is 12.1 Å². The Hall–Kier alpha value is -1.71. The second-order valence-corrected chi connectivity index (χ2v) is 5.31. The number of benzene rings is 1. The van der Waals surface area contributed by atoms with Crippen molar-refractivity contribution in [1.29, 1.82) is 0 Å². The van der Waals surface area contributed by atoms with Crippen molar-refractivity contribution in [1.82, 2.24) is 0 Å². The predicted molar refractivity (Wildman–Crippen MR) is 76.7 cm³/mol. The number of hydrogen-bond donors (Lipinski definition) is 1. The summed E-state index contributed by atoms with van der Waals surface area (Å²) in [5.74, 6) is 0.621. The van der Waals surface area contributed by atoms with Crippen LogP contribution in [0.4, 0.5) is 0 Å². The van der Waals surface area contributed by atoms with Gasteiger partial charge in [-0.1, -0.05) is 19.8 Å². The van der Waals surface area contributed by atoms with E-state index in [1.165, 1.54) is 0 Å². The molecule has 2 rings (SSSR count). The molecular formula is C16H22O4. The number of methoxy groups -OCH3 is 2. The van der Waals surface area contributed by atoms with E-state index < -0.39 is 11.4 Å².